The van der Waals surface area contributed by atoms with Crippen LogP contribution in [0, 0.1) is 5.82 Å². The zero-order valence-electron chi connectivity index (χ0n) is 14.3. The van der Waals surface area contributed by atoms with E-state index in [0.717, 1.165) is 31.5 Å². The van der Waals surface area contributed by atoms with Crippen molar-refractivity contribution in [2.75, 3.05) is 30.1 Å². The monoisotopic (exact) mass is 357 g/mol. The molecule has 0 atom stereocenters. The molecule has 2 aliphatic rings. The molecule has 0 saturated carbocycles. The van der Waals surface area contributed by atoms with Crippen molar-refractivity contribution in [1.29, 1.82) is 0 Å². The zero-order valence-corrected chi connectivity index (χ0v) is 14.3. The summed E-state index contributed by atoms with van der Waals surface area (Å²) in [5, 5.41) is 5.41. The molecule has 7 heteroatoms. The van der Waals surface area contributed by atoms with Crippen molar-refractivity contribution in [1.82, 2.24) is 5.32 Å². The Bertz CT molecular complexity index is 822. The van der Waals surface area contributed by atoms with Crippen LogP contribution in [0.5, 0.6) is 11.5 Å². The number of benzene rings is 2. The smallest absolute Gasteiger partial charge is 0.319 e. The van der Waals surface area contributed by atoms with E-state index in [1.165, 1.54) is 6.07 Å². The van der Waals surface area contributed by atoms with E-state index in [1.54, 1.807) is 12.1 Å². The molecule has 2 aromatic carbocycles. The van der Waals surface area contributed by atoms with Crippen LogP contribution in [0.4, 0.5) is 20.6 Å². The van der Waals surface area contributed by atoms with E-state index < -0.39 is 6.03 Å². The second-order valence-electron chi connectivity index (χ2n) is 6.36. The first-order chi connectivity index (χ1) is 12.7. The SMILES string of the molecule is O=C(NCc1ccc2c(c1)OCO2)Nc1ccc(N2CCCC2)c(F)c1. The Morgan fingerprint density at radius 3 is 2.69 bits per heavy atom. The molecule has 0 unspecified atom stereocenters. The van der Waals surface area contributed by atoms with Gasteiger partial charge in [0.15, 0.2) is 11.5 Å². The Kier molecular flexibility index (Phi) is 4.51. The summed E-state index contributed by atoms with van der Waals surface area (Å²) in [5.41, 5.74) is 1.91. The summed E-state index contributed by atoms with van der Waals surface area (Å²) in [6.45, 7) is 2.29. The number of urea groups is 1. The molecule has 2 heterocycles. The highest BCUT2D eigenvalue weighted by Crippen LogP contribution is 2.32. The van der Waals surface area contributed by atoms with Gasteiger partial charge in [-0.05, 0) is 48.7 Å². The van der Waals surface area contributed by atoms with Gasteiger partial charge in [-0.15, -0.1) is 0 Å². The van der Waals surface area contributed by atoms with Gasteiger partial charge in [0.25, 0.3) is 0 Å². The normalized spacial score (nSPS) is 15.2. The number of halogens is 1. The van der Waals surface area contributed by atoms with Gasteiger partial charge in [-0.1, -0.05) is 6.07 Å². The first-order valence-corrected chi connectivity index (χ1v) is 8.67. The van der Waals surface area contributed by atoms with Gasteiger partial charge in [0, 0.05) is 25.3 Å². The number of nitrogens with one attached hydrogen (secondary N) is 2. The standard InChI is InChI=1S/C19H20FN3O3/c20-15-10-14(4-5-16(15)23-7-1-2-8-23)22-19(24)21-11-13-3-6-17-18(9-13)26-12-25-17/h3-6,9-10H,1-2,7-8,11-12H2,(H2,21,22,24). The van der Waals surface area contributed by atoms with Gasteiger partial charge in [0.2, 0.25) is 6.79 Å². The maximum absolute atomic E-state index is 14.3. The predicted molar refractivity (Wildman–Crippen MR) is 96.3 cm³/mol. The van der Waals surface area contributed by atoms with Crippen LogP contribution in [0.1, 0.15) is 18.4 Å². The number of carbonyl (C=O) groups is 1. The minimum Gasteiger partial charge on any atom is -0.454 e. The Morgan fingerprint density at radius 1 is 1.08 bits per heavy atom. The summed E-state index contributed by atoms with van der Waals surface area (Å²) in [7, 11) is 0. The molecular formula is C19H20FN3O3. The fraction of sp³-hybridized carbons (Fsp3) is 0.316. The summed E-state index contributed by atoms with van der Waals surface area (Å²) < 4.78 is 24.9. The molecule has 0 spiro atoms. The minimum absolute atomic E-state index is 0.214. The molecule has 136 valence electrons. The molecule has 1 saturated heterocycles. The van der Waals surface area contributed by atoms with Crippen molar-refractivity contribution in [3.8, 4) is 11.5 Å². The molecule has 1 fully saturated rings. The summed E-state index contributed by atoms with van der Waals surface area (Å²) >= 11 is 0. The lowest BCUT2D eigenvalue weighted by Gasteiger charge is -2.19. The van der Waals surface area contributed by atoms with Crippen LogP contribution >= 0.6 is 0 Å². The summed E-state index contributed by atoms with van der Waals surface area (Å²) in [6.07, 6.45) is 2.17. The maximum Gasteiger partial charge on any atom is 0.319 e. The van der Waals surface area contributed by atoms with Gasteiger partial charge in [-0.25, -0.2) is 9.18 Å². The average molecular weight is 357 g/mol. The molecule has 0 aliphatic carbocycles. The summed E-state index contributed by atoms with van der Waals surface area (Å²) in [6, 6.07) is 9.89. The number of ether oxygens (including phenoxy) is 2. The van der Waals surface area contributed by atoms with Gasteiger partial charge in [-0.3, -0.25) is 0 Å². The first kappa shape index (κ1) is 16.5. The molecule has 2 amide bonds. The van der Waals surface area contributed by atoms with Gasteiger partial charge in [-0.2, -0.15) is 0 Å². The summed E-state index contributed by atoms with van der Waals surface area (Å²) in [4.78, 5) is 14.1. The van der Waals surface area contributed by atoms with Crippen molar-refractivity contribution < 1.29 is 18.7 Å². The van der Waals surface area contributed by atoms with Crippen molar-refractivity contribution in [2.24, 2.45) is 0 Å². The highest BCUT2D eigenvalue weighted by Gasteiger charge is 2.17. The second-order valence-corrected chi connectivity index (χ2v) is 6.36. The van der Waals surface area contributed by atoms with E-state index in [4.69, 9.17) is 9.47 Å². The predicted octanol–water partition coefficient (Wildman–Crippen LogP) is 3.48. The number of hydrogen-bond donors (Lipinski definition) is 2. The molecule has 0 radical (unpaired) electrons. The Morgan fingerprint density at radius 2 is 1.88 bits per heavy atom. The van der Waals surface area contributed by atoms with Crippen molar-refractivity contribution in [3.05, 3.63) is 47.8 Å². The van der Waals surface area contributed by atoms with Crippen LogP contribution in [0.3, 0.4) is 0 Å². The Hall–Kier alpha value is -2.96. The third-order valence-corrected chi connectivity index (χ3v) is 4.54. The third-order valence-electron chi connectivity index (χ3n) is 4.54. The Labute approximate surface area is 150 Å². The lowest BCUT2D eigenvalue weighted by atomic mass is 10.2. The van der Waals surface area contributed by atoms with Crippen LogP contribution in [0.2, 0.25) is 0 Å². The Balaban J connectivity index is 1.33. The fourth-order valence-electron chi connectivity index (χ4n) is 3.21. The molecule has 26 heavy (non-hydrogen) atoms. The van der Waals surface area contributed by atoms with Crippen LogP contribution in [0.15, 0.2) is 36.4 Å². The van der Waals surface area contributed by atoms with E-state index in [2.05, 4.69) is 10.6 Å². The van der Waals surface area contributed by atoms with Crippen LogP contribution in [0.25, 0.3) is 0 Å². The molecule has 0 bridgehead atoms. The molecule has 2 aromatic rings. The van der Waals surface area contributed by atoms with Gasteiger partial charge >= 0.3 is 6.03 Å². The topological polar surface area (TPSA) is 62.8 Å². The van der Waals surface area contributed by atoms with Crippen LogP contribution < -0.4 is 25.0 Å². The lowest BCUT2D eigenvalue weighted by Crippen LogP contribution is -2.28. The van der Waals surface area contributed by atoms with Crippen molar-refractivity contribution in [3.63, 3.8) is 0 Å². The minimum atomic E-state index is -0.393. The highest BCUT2D eigenvalue weighted by molar-refractivity contribution is 5.89. The molecule has 2 N–H and O–H groups in total. The van der Waals surface area contributed by atoms with Crippen LogP contribution in [-0.2, 0) is 6.54 Å². The van der Waals surface area contributed by atoms with E-state index in [9.17, 15) is 9.18 Å². The molecule has 4 rings (SSSR count). The second kappa shape index (κ2) is 7.11. The van der Waals surface area contributed by atoms with E-state index >= 15 is 0 Å². The number of anilines is 2. The third kappa shape index (κ3) is 3.51. The highest BCUT2D eigenvalue weighted by atomic mass is 19.1. The number of hydrogen-bond acceptors (Lipinski definition) is 4. The largest absolute Gasteiger partial charge is 0.454 e. The van der Waals surface area contributed by atoms with E-state index in [-0.39, 0.29) is 12.6 Å². The molecule has 0 aromatic heterocycles. The van der Waals surface area contributed by atoms with E-state index in [0.29, 0.717) is 29.4 Å². The van der Waals surface area contributed by atoms with Crippen molar-refractivity contribution >= 4 is 17.4 Å². The van der Waals surface area contributed by atoms with Gasteiger partial charge in [0.1, 0.15) is 5.82 Å². The number of carbonyl (C=O) groups excluding carboxylic acids is 1. The molecular weight excluding hydrogens is 337 g/mol. The van der Waals surface area contributed by atoms with E-state index in [1.807, 2.05) is 23.1 Å². The molecule has 2 aliphatic heterocycles. The average Bonchev–Trinajstić information content (AvgIpc) is 3.31. The number of nitrogens with zero attached hydrogens (tertiary/aromatic N) is 1. The quantitative estimate of drug-likeness (QED) is 0.879. The molecule has 6 nitrogen and oxygen atoms in total. The number of fused-ring (bicyclic) bond motifs is 1. The van der Waals surface area contributed by atoms with Gasteiger partial charge < -0.3 is 25.0 Å². The lowest BCUT2D eigenvalue weighted by molar-refractivity contribution is 0.174. The number of amides is 2. The maximum atomic E-state index is 14.3. The van der Waals surface area contributed by atoms with Crippen LogP contribution in [-0.4, -0.2) is 25.9 Å². The number of rotatable bonds is 4. The summed E-state index contributed by atoms with van der Waals surface area (Å²) in [5.74, 6) is 1.05. The zero-order chi connectivity index (χ0) is 17.9. The van der Waals surface area contributed by atoms with Gasteiger partial charge in [0.05, 0.1) is 5.69 Å². The van der Waals surface area contributed by atoms with Crippen molar-refractivity contribution in [2.45, 2.75) is 19.4 Å². The first-order valence-electron chi connectivity index (χ1n) is 8.67. The fourth-order valence-corrected chi connectivity index (χ4v) is 3.21.